The van der Waals surface area contributed by atoms with Gasteiger partial charge in [0.15, 0.2) is 0 Å². The molecule has 12 atom stereocenters. The molecular weight excluding hydrogens is 654 g/mol. The first kappa shape index (κ1) is 39.4. The van der Waals surface area contributed by atoms with Gasteiger partial charge in [-0.25, -0.2) is 9.67 Å². The SMILES string of the molecule is CCCN[C@@](C)(CO[C@H]1[C@H](n2ncnc2C(N)=O)C[C@]2(C)COC[C@@]13C1=CC[C@@]4(C)[C@H](C(=O)O)[C@@](C)([C@H](C)C(C)C)CC[C@]4(C)[C@H]1CC[C@H]23)C(C)C. The van der Waals surface area contributed by atoms with Crippen LogP contribution < -0.4 is 11.1 Å². The van der Waals surface area contributed by atoms with E-state index in [4.69, 9.17) is 15.2 Å². The first-order valence-electron chi connectivity index (χ1n) is 20.3. The van der Waals surface area contributed by atoms with E-state index in [1.54, 1.807) is 4.68 Å². The van der Waals surface area contributed by atoms with Crippen molar-refractivity contribution in [1.29, 1.82) is 0 Å². The smallest absolute Gasteiger partial charge is 0.307 e. The number of carboxylic acids is 1. The van der Waals surface area contributed by atoms with Crippen molar-refractivity contribution >= 4 is 11.9 Å². The van der Waals surface area contributed by atoms with Crippen molar-refractivity contribution in [1.82, 2.24) is 20.1 Å². The zero-order valence-electron chi connectivity index (χ0n) is 34.1. The van der Waals surface area contributed by atoms with Gasteiger partial charge in [-0.15, -0.1) is 0 Å². The lowest BCUT2D eigenvalue weighted by molar-refractivity contribution is -0.255. The van der Waals surface area contributed by atoms with Crippen molar-refractivity contribution in [2.45, 2.75) is 139 Å². The Balaban J connectivity index is 1.53. The van der Waals surface area contributed by atoms with Crippen LogP contribution >= 0.6 is 0 Å². The van der Waals surface area contributed by atoms with Crippen LogP contribution in [0.1, 0.15) is 138 Å². The van der Waals surface area contributed by atoms with Crippen molar-refractivity contribution in [3.8, 4) is 0 Å². The van der Waals surface area contributed by atoms with Gasteiger partial charge in [0.25, 0.3) is 5.91 Å². The number of aliphatic carboxylic acids is 1. The lowest BCUT2D eigenvalue weighted by atomic mass is 9.34. The van der Waals surface area contributed by atoms with E-state index in [-0.39, 0.29) is 51.6 Å². The van der Waals surface area contributed by atoms with Gasteiger partial charge in [0, 0.05) is 11.0 Å². The van der Waals surface area contributed by atoms with E-state index >= 15 is 0 Å². The standard InChI is InChI=1S/C42H69N5O5/c1-12-19-45-41(11,26(4)5)22-52-33-30(47-35(34(43)48)44-24-46-47)20-37(7)21-51-23-42(33)29-15-16-40(10)32(36(49)50)38(8,27(6)25(2)3)17-18-39(40,9)28(29)13-14-31(37)42/h15,24-28,30-33,45H,12-14,16-23H2,1-11H3,(H2,43,48)(H,49,50)/t27-,28+,30-,31-,32-,33+,37-,38-,39-,40+,41+,42+/m1/s1. The van der Waals surface area contributed by atoms with E-state index in [0.29, 0.717) is 44.0 Å². The topological polar surface area (TPSA) is 142 Å². The number of carboxylic acid groups (broad SMARTS) is 1. The van der Waals surface area contributed by atoms with E-state index in [2.05, 4.69) is 97.6 Å². The van der Waals surface area contributed by atoms with E-state index in [9.17, 15) is 14.7 Å². The largest absolute Gasteiger partial charge is 0.481 e. The highest BCUT2D eigenvalue weighted by Crippen LogP contribution is 2.75. The number of nitrogens with one attached hydrogen (secondary N) is 1. The van der Waals surface area contributed by atoms with Gasteiger partial charge in [-0.1, -0.05) is 80.9 Å². The molecule has 0 aromatic carbocycles. The molecule has 2 heterocycles. The van der Waals surface area contributed by atoms with Gasteiger partial charge in [0.2, 0.25) is 5.82 Å². The molecule has 10 nitrogen and oxygen atoms in total. The summed E-state index contributed by atoms with van der Waals surface area (Å²) in [4.78, 5) is 30.8. The highest BCUT2D eigenvalue weighted by atomic mass is 16.5. The third-order valence-electron chi connectivity index (χ3n) is 16.7. The average molecular weight is 724 g/mol. The Hall–Kier alpha value is -2.30. The molecule has 10 heteroatoms. The molecule has 4 fully saturated rings. The lowest BCUT2D eigenvalue weighted by Gasteiger charge is -2.71. The normalized spacial score (nSPS) is 41.7. The summed E-state index contributed by atoms with van der Waals surface area (Å²) in [5.74, 6) is -0.107. The molecule has 2 bridgehead atoms. The maximum absolute atomic E-state index is 13.6. The minimum Gasteiger partial charge on any atom is -0.481 e. The second-order valence-corrected chi connectivity index (χ2v) is 19.8. The second-order valence-electron chi connectivity index (χ2n) is 19.8. The molecular formula is C42H69N5O5. The molecule has 0 unspecified atom stereocenters. The van der Waals surface area contributed by atoms with Crippen LogP contribution in [0.3, 0.4) is 0 Å². The number of hydrogen-bond acceptors (Lipinski definition) is 7. The van der Waals surface area contributed by atoms with Crippen molar-refractivity contribution in [2.24, 2.45) is 68.3 Å². The first-order valence-corrected chi connectivity index (χ1v) is 20.3. The summed E-state index contributed by atoms with van der Waals surface area (Å²) in [5, 5.41) is 19.7. The van der Waals surface area contributed by atoms with Gasteiger partial charge in [-0.05, 0) is 110 Å². The number of fused-ring (bicyclic) bond motifs is 3. The molecule has 1 aromatic heterocycles. The number of ether oxygens (including phenoxy) is 2. The highest BCUT2D eigenvalue weighted by molar-refractivity contribution is 5.89. The molecule has 1 aliphatic heterocycles. The molecule has 3 saturated carbocycles. The zero-order valence-corrected chi connectivity index (χ0v) is 34.1. The van der Waals surface area contributed by atoms with Crippen LogP contribution in [-0.4, -0.2) is 69.8 Å². The number of amides is 1. The molecule has 1 aromatic rings. The van der Waals surface area contributed by atoms with Gasteiger partial charge in [0.05, 0.1) is 37.9 Å². The summed E-state index contributed by atoms with van der Waals surface area (Å²) in [7, 11) is 0. The van der Waals surface area contributed by atoms with Crippen LogP contribution in [0.25, 0.3) is 0 Å². The fraction of sp³-hybridized carbons (Fsp3) is 0.857. The van der Waals surface area contributed by atoms with Crippen LogP contribution in [0.5, 0.6) is 0 Å². The second kappa shape index (κ2) is 13.5. The number of carbonyl (C=O) groups is 2. The Labute approximate surface area is 312 Å². The number of hydrogen-bond donors (Lipinski definition) is 3. The fourth-order valence-electron chi connectivity index (χ4n) is 12.9. The van der Waals surface area contributed by atoms with Crippen LogP contribution in [0.15, 0.2) is 18.0 Å². The summed E-state index contributed by atoms with van der Waals surface area (Å²) in [5.41, 5.74) is 5.39. The van der Waals surface area contributed by atoms with Crippen LogP contribution in [0.2, 0.25) is 0 Å². The van der Waals surface area contributed by atoms with E-state index in [1.165, 1.54) is 11.9 Å². The third kappa shape index (κ3) is 5.57. The fourth-order valence-corrected chi connectivity index (χ4v) is 12.9. The molecule has 4 N–H and O–H groups in total. The quantitative estimate of drug-likeness (QED) is 0.191. The number of nitrogens with two attached hydrogens (primary N) is 1. The Kier molecular flexibility index (Phi) is 10.2. The number of aromatic nitrogens is 3. The average Bonchev–Trinajstić information content (AvgIpc) is 3.57. The molecule has 1 amide bonds. The Bertz CT molecular complexity index is 1560. The highest BCUT2D eigenvalue weighted by Gasteiger charge is 2.73. The molecule has 0 spiro atoms. The van der Waals surface area contributed by atoms with Crippen molar-refractivity contribution in [2.75, 3.05) is 26.4 Å². The maximum atomic E-state index is 13.6. The third-order valence-corrected chi connectivity index (χ3v) is 16.7. The number of primary amides is 1. The lowest BCUT2D eigenvalue weighted by Crippen LogP contribution is -2.70. The first-order chi connectivity index (χ1) is 24.3. The monoisotopic (exact) mass is 724 g/mol. The Morgan fingerprint density at radius 2 is 1.83 bits per heavy atom. The summed E-state index contributed by atoms with van der Waals surface area (Å²) < 4.78 is 16.0. The minimum absolute atomic E-state index is 0.159. The van der Waals surface area contributed by atoms with Gasteiger partial charge < -0.3 is 25.6 Å². The molecule has 1 saturated heterocycles. The number of rotatable bonds is 12. The van der Waals surface area contributed by atoms with Gasteiger partial charge in [-0.2, -0.15) is 5.10 Å². The van der Waals surface area contributed by atoms with Gasteiger partial charge >= 0.3 is 5.97 Å². The Morgan fingerprint density at radius 3 is 2.44 bits per heavy atom. The molecule has 6 rings (SSSR count). The minimum atomic E-state index is -0.655. The zero-order chi connectivity index (χ0) is 38.2. The molecule has 52 heavy (non-hydrogen) atoms. The Morgan fingerprint density at radius 1 is 1.12 bits per heavy atom. The molecule has 292 valence electrons. The predicted octanol–water partition coefficient (Wildman–Crippen LogP) is 7.31. The summed E-state index contributed by atoms with van der Waals surface area (Å²) in [6.45, 7) is 27.5. The van der Waals surface area contributed by atoms with Crippen molar-refractivity contribution in [3.05, 3.63) is 23.8 Å². The summed E-state index contributed by atoms with van der Waals surface area (Å²) in [6.07, 6.45) is 9.91. The summed E-state index contributed by atoms with van der Waals surface area (Å²) >= 11 is 0. The summed E-state index contributed by atoms with van der Waals surface area (Å²) in [6, 6.07) is -0.285. The number of nitrogens with zero attached hydrogens (tertiary/aromatic N) is 3. The van der Waals surface area contributed by atoms with E-state index in [0.717, 1.165) is 45.1 Å². The number of carbonyl (C=O) groups excluding carboxylic acids is 1. The van der Waals surface area contributed by atoms with Crippen LogP contribution in [0, 0.1) is 62.6 Å². The van der Waals surface area contributed by atoms with Crippen LogP contribution in [-0.2, 0) is 14.3 Å². The van der Waals surface area contributed by atoms with Crippen LogP contribution in [0.4, 0.5) is 0 Å². The predicted molar refractivity (Wildman–Crippen MR) is 202 cm³/mol. The van der Waals surface area contributed by atoms with E-state index < -0.39 is 28.6 Å². The van der Waals surface area contributed by atoms with Gasteiger partial charge in [0.1, 0.15) is 6.33 Å². The maximum Gasteiger partial charge on any atom is 0.307 e. The molecule has 4 aliphatic carbocycles. The van der Waals surface area contributed by atoms with E-state index in [1.807, 2.05) is 0 Å². The van der Waals surface area contributed by atoms with Gasteiger partial charge in [-0.3, -0.25) is 9.59 Å². The molecule has 5 aliphatic rings. The van der Waals surface area contributed by atoms with Crippen molar-refractivity contribution in [3.63, 3.8) is 0 Å². The van der Waals surface area contributed by atoms with Crippen molar-refractivity contribution < 1.29 is 24.2 Å². The number of allylic oxidation sites excluding steroid dienone is 1. The molecule has 0 radical (unpaired) electrons.